The Kier molecular flexibility index (Phi) is 6.24. The molecule has 4 atom stereocenters. The molecule has 2 spiro atoms. The monoisotopic (exact) mass is 596 g/mol. The van der Waals surface area contributed by atoms with Gasteiger partial charge in [0.2, 0.25) is 0 Å². The molecule has 222 valence electrons. The lowest BCUT2D eigenvalue weighted by Gasteiger charge is -2.50. The number of nitrogens with one attached hydrogen (secondary N) is 1. The number of Topliss-reactive ketones (excluding diaryl/α,β-unsaturated/α-hetero) is 2. The third kappa shape index (κ3) is 3.89. The maximum Gasteiger partial charge on any atom is 0.189 e. The highest BCUT2D eigenvalue weighted by atomic mass is 19.1. The Morgan fingerprint density at radius 2 is 1.42 bits per heavy atom. The van der Waals surface area contributed by atoms with Gasteiger partial charge in [-0.3, -0.25) is 14.9 Å². The van der Waals surface area contributed by atoms with E-state index < -0.39 is 22.9 Å². The molecule has 0 aromatic heterocycles. The topological polar surface area (TPSA) is 49.4 Å². The van der Waals surface area contributed by atoms with Crippen molar-refractivity contribution in [2.45, 2.75) is 17.5 Å². The highest BCUT2D eigenvalue weighted by Crippen LogP contribution is 2.66. The van der Waals surface area contributed by atoms with Crippen molar-refractivity contribution < 1.29 is 18.4 Å². The average Bonchev–Trinajstić information content (AvgIpc) is 3.49. The summed E-state index contributed by atoms with van der Waals surface area (Å²) >= 11 is 0. The Morgan fingerprint density at radius 3 is 2.13 bits per heavy atom. The number of ketones is 2. The summed E-state index contributed by atoms with van der Waals surface area (Å²) in [5, 5.41) is 5.63. The summed E-state index contributed by atoms with van der Waals surface area (Å²) in [5.41, 5.74) is 1.58. The molecular weight excluding hydrogens is 566 g/mol. The summed E-state index contributed by atoms with van der Waals surface area (Å²) in [5.74, 6) is -1.54. The molecule has 0 amide bonds. The Labute approximate surface area is 260 Å². The molecule has 1 N–H and O–H groups in total. The molecule has 45 heavy (non-hydrogen) atoms. The summed E-state index contributed by atoms with van der Waals surface area (Å²) < 4.78 is 28.2. The summed E-state index contributed by atoms with van der Waals surface area (Å²) in [6, 6.07) is 33.5. The van der Waals surface area contributed by atoms with Gasteiger partial charge in [-0.25, -0.2) is 8.78 Å². The van der Waals surface area contributed by atoms with Crippen LogP contribution in [0.15, 0.2) is 121 Å². The first-order valence-corrected chi connectivity index (χ1v) is 15.2. The van der Waals surface area contributed by atoms with Gasteiger partial charge >= 0.3 is 0 Å². The number of piperidine rings is 1. The molecule has 8 rings (SSSR count). The SMILES string of the molecule is CN1C/C(=C\c2ccc(F)cc2)C(=O)[C@]2(C1)[C@@H](c1ccc(F)cc1)[C@H](c1ccccc1)N[C@@]21C(=O)c2cccc3cccc1c23. The van der Waals surface area contributed by atoms with Crippen molar-refractivity contribution in [3.63, 3.8) is 0 Å². The van der Waals surface area contributed by atoms with Gasteiger partial charge in [0.1, 0.15) is 17.2 Å². The normalized spacial score (nSPS) is 27.0. The first-order valence-electron chi connectivity index (χ1n) is 15.2. The maximum atomic E-state index is 15.5. The van der Waals surface area contributed by atoms with Crippen molar-refractivity contribution in [1.82, 2.24) is 10.2 Å². The lowest BCUT2D eigenvalue weighted by atomic mass is 9.54. The highest BCUT2D eigenvalue weighted by molar-refractivity contribution is 6.24. The van der Waals surface area contributed by atoms with Crippen molar-refractivity contribution in [2.75, 3.05) is 20.1 Å². The van der Waals surface area contributed by atoms with E-state index in [0.29, 0.717) is 29.8 Å². The molecule has 2 fully saturated rings. The van der Waals surface area contributed by atoms with E-state index in [1.165, 1.54) is 24.3 Å². The molecule has 0 saturated carbocycles. The summed E-state index contributed by atoms with van der Waals surface area (Å²) in [6.45, 7) is 0.659. The minimum atomic E-state index is -1.41. The smallest absolute Gasteiger partial charge is 0.189 e. The van der Waals surface area contributed by atoms with Crippen LogP contribution in [0.2, 0.25) is 0 Å². The van der Waals surface area contributed by atoms with E-state index in [4.69, 9.17) is 0 Å². The van der Waals surface area contributed by atoms with Gasteiger partial charge < -0.3 is 4.90 Å². The van der Waals surface area contributed by atoms with Crippen LogP contribution in [0.5, 0.6) is 0 Å². The zero-order valence-electron chi connectivity index (χ0n) is 24.6. The molecule has 2 saturated heterocycles. The van der Waals surface area contributed by atoms with Gasteiger partial charge in [0, 0.05) is 36.2 Å². The quantitative estimate of drug-likeness (QED) is 0.224. The number of rotatable bonds is 3. The van der Waals surface area contributed by atoms with Crippen LogP contribution in [0.1, 0.15) is 44.6 Å². The zero-order valence-corrected chi connectivity index (χ0v) is 24.6. The zero-order chi connectivity index (χ0) is 30.9. The van der Waals surface area contributed by atoms with E-state index in [-0.39, 0.29) is 23.2 Å². The number of carbonyl (C=O) groups is 2. The molecule has 1 aliphatic carbocycles. The molecule has 6 heteroatoms. The van der Waals surface area contributed by atoms with E-state index in [0.717, 1.165) is 27.5 Å². The first kappa shape index (κ1) is 27.7. The van der Waals surface area contributed by atoms with Gasteiger partial charge in [-0.05, 0) is 70.4 Å². The highest BCUT2D eigenvalue weighted by Gasteiger charge is 2.74. The van der Waals surface area contributed by atoms with E-state index in [1.807, 2.05) is 79.9 Å². The number of carbonyl (C=O) groups excluding carboxylic acids is 2. The van der Waals surface area contributed by atoms with Crippen LogP contribution in [0.3, 0.4) is 0 Å². The largest absolute Gasteiger partial charge is 0.301 e. The molecule has 5 aromatic carbocycles. The third-order valence-corrected chi connectivity index (χ3v) is 10.1. The number of fused-ring (bicyclic) bond motifs is 2. The number of likely N-dealkylation sites (N-methyl/N-ethyl adjacent to an activating group) is 1. The van der Waals surface area contributed by atoms with Crippen LogP contribution in [0.25, 0.3) is 16.8 Å². The standard InChI is InChI=1S/C39H30F2N2O2/c1-43-22-28(21-24-13-17-29(40)18-14-24)36(44)38(23-43)34(26-15-19-30(41)20-16-26)35(27-7-3-2-4-8-27)42-39(38)32-12-6-10-25-9-5-11-31(33(25)32)37(39)45/h2-21,34-35,42H,22-23H2,1H3/b28-21+/t34-,35-,38-,39-/m0/s1. The number of benzene rings is 5. The second-order valence-electron chi connectivity index (χ2n) is 12.5. The van der Waals surface area contributed by atoms with Crippen molar-refractivity contribution in [1.29, 1.82) is 0 Å². The van der Waals surface area contributed by atoms with Gasteiger partial charge in [0.15, 0.2) is 11.6 Å². The number of halogens is 2. The number of nitrogens with zero attached hydrogens (tertiary/aromatic N) is 1. The maximum absolute atomic E-state index is 15.5. The van der Waals surface area contributed by atoms with Crippen LogP contribution >= 0.6 is 0 Å². The van der Waals surface area contributed by atoms with Crippen LogP contribution in [-0.4, -0.2) is 36.6 Å². The molecule has 0 radical (unpaired) electrons. The van der Waals surface area contributed by atoms with Crippen LogP contribution in [-0.2, 0) is 10.3 Å². The Balaban J connectivity index is 1.46. The van der Waals surface area contributed by atoms with Crippen LogP contribution in [0.4, 0.5) is 8.78 Å². The molecule has 3 aliphatic rings. The predicted molar refractivity (Wildman–Crippen MR) is 171 cm³/mol. The minimum absolute atomic E-state index is 0.135. The van der Waals surface area contributed by atoms with E-state index in [9.17, 15) is 8.78 Å². The number of hydrogen-bond donors (Lipinski definition) is 1. The van der Waals surface area contributed by atoms with Crippen LogP contribution in [0, 0.1) is 17.0 Å². The molecule has 2 heterocycles. The van der Waals surface area contributed by atoms with E-state index in [1.54, 1.807) is 24.3 Å². The summed E-state index contributed by atoms with van der Waals surface area (Å²) in [4.78, 5) is 32.8. The lowest BCUT2D eigenvalue weighted by Crippen LogP contribution is -2.64. The fraction of sp³-hybridized carbons (Fsp3) is 0.179. The van der Waals surface area contributed by atoms with Crippen molar-refractivity contribution in [2.24, 2.45) is 5.41 Å². The van der Waals surface area contributed by atoms with Gasteiger partial charge in [-0.15, -0.1) is 0 Å². The van der Waals surface area contributed by atoms with Crippen molar-refractivity contribution in [3.8, 4) is 0 Å². The minimum Gasteiger partial charge on any atom is -0.301 e. The lowest BCUT2D eigenvalue weighted by molar-refractivity contribution is -0.132. The molecule has 4 nitrogen and oxygen atoms in total. The third-order valence-electron chi connectivity index (χ3n) is 10.1. The predicted octanol–water partition coefficient (Wildman–Crippen LogP) is 7.22. The molecule has 0 bridgehead atoms. The molecular formula is C39H30F2N2O2. The van der Waals surface area contributed by atoms with Gasteiger partial charge in [-0.1, -0.05) is 91.0 Å². The number of hydrogen-bond acceptors (Lipinski definition) is 4. The van der Waals surface area contributed by atoms with E-state index >= 15 is 9.59 Å². The fourth-order valence-electron chi connectivity index (χ4n) is 8.40. The van der Waals surface area contributed by atoms with Gasteiger partial charge in [0.05, 0.1) is 5.41 Å². The second-order valence-corrected chi connectivity index (χ2v) is 12.5. The Bertz CT molecular complexity index is 2020. The second kappa shape index (κ2) is 10.1. The fourth-order valence-corrected chi connectivity index (χ4v) is 8.40. The van der Waals surface area contributed by atoms with Crippen LogP contribution < -0.4 is 5.32 Å². The average molecular weight is 597 g/mol. The first-order chi connectivity index (χ1) is 21.8. The Hall–Kier alpha value is -4.78. The molecule has 0 unspecified atom stereocenters. The Morgan fingerprint density at radius 1 is 0.756 bits per heavy atom. The van der Waals surface area contributed by atoms with Crippen molar-refractivity contribution in [3.05, 3.63) is 160 Å². The van der Waals surface area contributed by atoms with Gasteiger partial charge in [0.25, 0.3) is 0 Å². The molecule has 2 aliphatic heterocycles. The summed E-state index contributed by atoms with van der Waals surface area (Å²) in [6.07, 6.45) is 1.82. The molecule has 5 aromatic rings. The van der Waals surface area contributed by atoms with Crippen molar-refractivity contribution >= 4 is 28.4 Å². The summed E-state index contributed by atoms with van der Waals surface area (Å²) in [7, 11) is 1.96. The van der Waals surface area contributed by atoms with Gasteiger partial charge in [-0.2, -0.15) is 0 Å². The number of likely N-dealkylation sites (tertiary alicyclic amines) is 1. The van der Waals surface area contributed by atoms with E-state index in [2.05, 4.69) is 10.2 Å².